The Labute approximate surface area is 97.9 Å². The van der Waals surface area contributed by atoms with Crippen molar-refractivity contribution < 1.29 is 5.11 Å². The van der Waals surface area contributed by atoms with Gasteiger partial charge >= 0.3 is 0 Å². The first-order valence-electron chi connectivity index (χ1n) is 6.11. The molecule has 88 valence electrons. The highest BCUT2D eigenvalue weighted by Crippen LogP contribution is 2.23. The van der Waals surface area contributed by atoms with Gasteiger partial charge < -0.3 is 5.11 Å². The fourth-order valence-electron chi connectivity index (χ4n) is 2.64. The SMILES string of the molecule is C[C@@H]1CN(Cc2ccccc2)C[C@H](C)[C@H]1O. The summed E-state index contributed by atoms with van der Waals surface area (Å²) in [5, 5.41) is 9.90. The monoisotopic (exact) mass is 219 g/mol. The molecule has 16 heavy (non-hydrogen) atoms. The number of hydrogen-bond acceptors (Lipinski definition) is 2. The summed E-state index contributed by atoms with van der Waals surface area (Å²) in [6.45, 7) is 7.28. The van der Waals surface area contributed by atoms with E-state index in [1.54, 1.807) is 0 Å². The molecule has 0 radical (unpaired) electrons. The summed E-state index contributed by atoms with van der Waals surface area (Å²) < 4.78 is 0. The minimum atomic E-state index is -0.132. The van der Waals surface area contributed by atoms with E-state index in [1.807, 2.05) is 0 Å². The molecule has 0 amide bonds. The highest BCUT2D eigenvalue weighted by molar-refractivity contribution is 5.14. The summed E-state index contributed by atoms with van der Waals surface area (Å²) in [6.07, 6.45) is -0.132. The van der Waals surface area contributed by atoms with Gasteiger partial charge in [0, 0.05) is 19.6 Å². The zero-order chi connectivity index (χ0) is 11.5. The smallest absolute Gasteiger partial charge is 0.0615 e. The van der Waals surface area contributed by atoms with Crippen LogP contribution in [0.3, 0.4) is 0 Å². The number of aliphatic hydroxyl groups is 1. The van der Waals surface area contributed by atoms with E-state index in [0.29, 0.717) is 11.8 Å². The van der Waals surface area contributed by atoms with Gasteiger partial charge in [-0.3, -0.25) is 4.90 Å². The molecule has 0 spiro atoms. The molecule has 0 unspecified atom stereocenters. The van der Waals surface area contributed by atoms with Gasteiger partial charge in [-0.05, 0) is 17.4 Å². The number of hydrogen-bond donors (Lipinski definition) is 1. The van der Waals surface area contributed by atoms with Crippen LogP contribution in [0.25, 0.3) is 0 Å². The molecule has 2 heteroatoms. The predicted molar refractivity (Wildman–Crippen MR) is 66.1 cm³/mol. The molecule has 1 aliphatic rings. The molecule has 0 bridgehead atoms. The third-order valence-electron chi connectivity index (χ3n) is 3.51. The molecule has 1 N–H and O–H groups in total. The molecule has 1 heterocycles. The van der Waals surface area contributed by atoms with Crippen molar-refractivity contribution in [2.45, 2.75) is 26.5 Å². The summed E-state index contributed by atoms with van der Waals surface area (Å²) in [4.78, 5) is 2.44. The Hall–Kier alpha value is -0.860. The van der Waals surface area contributed by atoms with Gasteiger partial charge in [0.1, 0.15) is 0 Å². The van der Waals surface area contributed by atoms with Crippen molar-refractivity contribution in [2.24, 2.45) is 11.8 Å². The van der Waals surface area contributed by atoms with Crippen molar-refractivity contribution in [1.29, 1.82) is 0 Å². The van der Waals surface area contributed by atoms with Gasteiger partial charge in [-0.15, -0.1) is 0 Å². The quantitative estimate of drug-likeness (QED) is 0.823. The lowest BCUT2D eigenvalue weighted by Crippen LogP contribution is -2.46. The lowest BCUT2D eigenvalue weighted by Gasteiger charge is -2.38. The van der Waals surface area contributed by atoms with Crippen LogP contribution >= 0.6 is 0 Å². The second kappa shape index (κ2) is 4.98. The first-order valence-corrected chi connectivity index (χ1v) is 6.11. The molecule has 0 saturated carbocycles. The standard InChI is InChI=1S/C14H21NO/c1-11-8-15(9-12(2)14(11)16)10-13-6-4-3-5-7-13/h3-7,11-12,14,16H,8-10H2,1-2H3/t11-,12+,14+. The molecule has 1 saturated heterocycles. The van der Waals surface area contributed by atoms with E-state index in [9.17, 15) is 5.11 Å². The lowest BCUT2D eigenvalue weighted by molar-refractivity contribution is -0.0107. The predicted octanol–water partition coefficient (Wildman–Crippen LogP) is 2.14. The number of likely N-dealkylation sites (tertiary alicyclic amines) is 1. The van der Waals surface area contributed by atoms with Gasteiger partial charge in [0.25, 0.3) is 0 Å². The Bertz CT molecular complexity index is 313. The van der Waals surface area contributed by atoms with Crippen LogP contribution in [0.4, 0.5) is 0 Å². The van der Waals surface area contributed by atoms with Gasteiger partial charge in [-0.1, -0.05) is 44.2 Å². The van der Waals surface area contributed by atoms with Crippen LogP contribution in [0.1, 0.15) is 19.4 Å². The van der Waals surface area contributed by atoms with E-state index in [1.165, 1.54) is 5.56 Å². The Balaban J connectivity index is 1.97. The van der Waals surface area contributed by atoms with Crippen LogP contribution in [-0.2, 0) is 6.54 Å². The maximum atomic E-state index is 9.90. The average molecular weight is 219 g/mol. The van der Waals surface area contributed by atoms with Crippen LogP contribution in [0.5, 0.6) is 0 Å². The Morgan fingerprint density at radius 3 is 2.25 bits per heavy atom. The Kier molecular flexibility index (Phi) is 3.62. The van der Waals surface area contributed by atoms with Gasteiger partial charge in [0.05, 0.1) is 6.10 Å². The third kappa shape index (κ3) is 2.63. The number of piperidine rings is 1. The second-order valence-corrected chi connectivity index (χ2v) is 5.12. The van der Waals surface area contributed by atoms with E-state index in [4.69, 9.17) is 0 Å². The van der Waals surface area contributed by atoms with Crippen LogP contribution < -0.4 is 0 Å². The van der Waals surface area contributed by atoms with Crippen LogP contribution in [0.15, 0.2) is 30.3 Å². The molecule has 2 rings (SSSR count). The Morgan fingerprint density at radius 2 is 1.69 bits per heavy atom. The molecular formula is C14H21NO. The average Bonchev–Trinajstić information content (AvgIpc) is 2.27. The highest BCUT2D eigenvalue weighted by Gasteiger charge is 2.29. The molecule has 1 aromatic carbocycles. The van der Waals surface area contributed by atoms with Crippen molar-refractivity contribution in [3.8, 4) is 0 Å². The maximum Gasteiger partial charge on any atom is 0.0615 e. The van der Waals surface area contributed by atoms with Gasteiger partial charge in [0.2, 0.25) is 0 Å². The largest absolute Gasteiger partial charge is 0.392 e. The molecule has 0 aromatic heterocycles. The third-order valence-corrected chi connectivity index (χ3v) is 3.51. The Morgan fingerprint density at radius 1 is 1.12 bits per heavy atom. The molecule has 1 aliphatic heterocycles. The van der Waals surface area contributed by atoms with Gasteiger partial charge in [-0.25, -0.2) is 0 Å². The molecule has 0 aliphatic carbocycles. The fourth-order valence-corrected chi connectivity index (χ4v) is 2.64. The van der Waals surface area contributed by atoms with Gasteiger partial charge in [-0.2, -0.15) is 0 Å². The first-order chi connectivity index (χ1) is 7.66. The van der Waals surface area contributed by atoms with Crippen molar-refractivity contribution >= 4 is 0 Å². The normalized spacial score (nSPS) is 31.6. The van der Waals surface area contributed by atoms with E-state index in [0.717, 1.165) is 19.6 Å². The molecule has 1 fully saturated rings. The number of aliphatic hydroxyl groups excluding tert-OH is 1. The van der Waals surface area contributed by atoms with E-state index >= 15 is 0 Å². The zero-order valence-electron chi connectivity index (χ0n) is 10.1. The van der Waals surface area contributed by atoms with Crippen LogP contribution in [0, 0.1) is 11.8 Å². The summed E-state index contributed by atoms with van der Waals surface area (Å²) in [6, 6.07) is 10.6. The first kappa shape index (κ1) is 11.6. The van der Waals surface area contributed by atoms with E-state index in [-0.39, 0.29) is 6.10 Å². The van der Waals surface area contributed by atoms with Crippen molar-refractivity contribution in [2.75, 3.05) is 13.1 Å². The van der Waals surface area contributed by atoms with Gasteiger partial charge in [0.15, 0.2) is 0 Å². The number of rotatable bonds is 2. The molecule has 2 nitrogen and oxygen atoms in total. The van der Waals surface area contributed by atoms with Crippen molar-refractivity contribution in [3.63, 3.8) is 0 Å². The van der Waals surface area contributed by atoms with Crippen LogP contribution in [0.2, 0.25) is 0 Å². The van der Waals surface area contributed by atoms with Crippen molar-refractivity contribution in [3.05, 3.63) is 35.9 Å². The fraction of sp³-hybridized carbons (Fsp3) is 0.571. The van der Waals surface area contributed by atoms with E-state index < -0.39 is 0 Å². The maximum absolute atomic E-state index is 9.90. The number of benzene rings is 1. The molecular weight excluding hydrogens is 198 g/mol. The van der Waals surface area contributed by atoms with Crippen LogP contribution in [-0.4, -0.2) is 29.2 Å². The summed E-state index contributed by atoms with van der Waals surface area (Å²) in [7, 11) is 0. The summed E-state index contributed by atoms with van der Waals surface area (Å²) in [5.74, 6) is 0.764. The van der Waals surface area contributed by atoms with E-state index in [2.05, 4.69) is 49.1 Å². The summed E-state index contributed by atoms with van der Waals surface area (Å²) >= 11 is 0. The highest BCUT2D eigenvalue weighted by atomic mass is 16.3. The molecule has 3 atom stereocenters. The topological polar surface area (TPSA) is 23.5 Å². The molecule has 1 aromatic rings. The number of nitrogens with zero attached hydrogens (tertiary/aromatic N) is 1. The lowest BCUT2D eigenvalue weighted by atomic mass is 9.88. The summed E-state index contributed by atoms with van der Waals surface area (Å²) in [5.41, 5.74) is 1.36. The van der Waals surface area contributed by atoms with Crippen molar-refractivity contribution in [1.82, 2.24) is 4.90 Å². The minimum Gasteiger partial charge on any atom is -0.392 e. The second-order valence-electron chi connectivity index (χ2n) is 5.12. The minimum absolute atomic E-state index is 0.132. The zero-order valence-corrected chi connectivity index (χ0v) is 10.1.